The van der Waals surface area contributed by atoms with Crippen molar-refractivity contribution in [2.24, 2.45) is 0 Å². The molecule has 5 heteroatoms. The molecule has 2 N–H and O–H groups in total. The molecule has 0 fully saturated rings. The lowest BCUT2D eigenvalue weighted by Gasteiger charge is -2.13. The molecule has 2 rings (SSSR count). The topological polar surface area (TPSA) is 71.2 Å². The van der Waals surface area contributed by atoms with Gasteiger partial charge in [-0.25, -0.2) is 0 Å². The third-order valence-electron chi connectivity index (χ3n) is 3.31. The van der Waals surface area contributed by atoms with E-state index in [1.807, 2.05) is 37.3 Å². The number of hydrogen-bond donors (Lipinski definition) is 2. The molecule has 0 radical (unpaired) electrons. The molecule has 0 aliphatic heterocycles. The Morgan fingerprint density at radius 2 is 2.00 bits per heavy atom. The van der Waals surface area contributed by atoms with E-state index in [0.29, 0.717) is 19.6 Å². The summed E-state index contributed by atoms with van der Waals surface area (Å²) in [6.07, 6.45) is 2.21. The van der Waals surface area contributed by atoms with Crippen LogP contribution in [0.15, 0.2) is 53.5 Å². The van der Waals surface area contributed by atoms with Crippen molar-refractivity contribution >= 4 is 5.91 Å². The van der Waals surface area contributed by atoms with E-state index < -0.39 is 0 Å². The average Bonchev–Trinajstić information content (AvgIpc) is 2.55. The van der Waals surface area contributed by atoms with Crippen molar-refractivity contribution < 1.29 is 9.53 Å². The first-order chi connectivity index (χ1) is 10.7. The number of carbonyl (C=O) groups is 1. The Hall–Kier alpha value is -2.40. The Morgan fingerprint density at radius 3 is 2.73 bits per heavy atom. The highest BCUT2D eigenvalue weighted by molar-refractivity contribution is 5.93. The minimum atomic E-state index is -0.381. The molecule has 0 unspecified atom stereocenters. The van der Waals surface area contributed by atoms with Gasteiger partial charge < -0.3 is 15.0 Å². The van der Waals surface area contributed by atoms with Crippen molar-refractivity contribution in [3.63, 3.8) is 0 Å². The molecule has 1 aromatic carbocycles. The number of benzene rings is 1. The molecule has 0 saturated carbocycles. The van der Waals surface area contributed by atoms with E-state index in [2.05, 4.69) is 10.3 Å². The van der Waals surface area contributed by atoms with Crippen molar-refractivity contribution in [2.75, 3.05) is 13.2 Å². The number of amides is 1. The van der Waals surface area contributed by atoms with Crippen LogP contribution in [0.5, 0.6) is 0 Å². The molecule has 1 atom stereocenters. The van der Waals surface area contributed by atoms with Gasteiger partial charge in [-0.05, 0) is 31.0 Å². The first kappa shape index (κ1) is 16.0. The number of ether oxygens (including phenoxy) is 1. The van der Waals surface area contributed by atoms with E-state index in [1.165, 1.54) is 12.3 Å². The highest BCUT2D eigenvalue weighted by atomic mass is 16.5. The van der Waals surface area contributed by atoms with Gasteiger partial charge in [0.1, 0.15) is 5.56 Å². The van der Waals surface area contributed by atoms with Gasteiger partial charge in [0.05, 0.1) is 6.10 Å². The number of hydrogen-bond acceptors (Lipinski definition) is 3. The van der Waals surface area contributed by atoms with Crippen molar-refractivity contribution in [2.45, 2.75) is 19.4 Å². The Bertz CT molecular complexity index is 652. The highest BCUT2D eigenvalue weighted by Gasteiger charge is 2.09. The molecule has 0 aliphatic carbocycles. The molecule has 0 aliphatic rings. The van der Waals surface area contributed by atoms with Gasteiger partial charge in [-0.3, -0.25) is 9.59 Å². The number of H-pyrrole nitrogens is 1. The lowest BCUT2D eigenvalue weighted by atomic mass is 10.1. The number of aromatic nitrogens is 1. The summed E-state index contributed by atoms with van der Waals surface area (Å²) in [5, 5.41) is 2.71. The highest BCUT2D eigenvalue weighted by Crippen LogP contribution is 2.15. The lowest BCUT2D eigenvalue weighted by molar-refractivity contribution is 0.0635. The Labute approximate surface area is 129 Å². The maximum absolute atomic E-state index is 11.8. The fourth-order valence-electron chi connectivity index (χ4n) is 2.05. The van der Waals surface area contributed by atoms with Gasteiger partial charge in [-0.1, -0.05) is 30.3 Å². The summed E-state index contributed by atoms with van der Waals surface area (Å²) in [6.45, 7) is 3.01. The maximum Gasteiger partial charge on any atom is 0.260 e. The lowest BCUT2D eigenvalue weighted by Crippen LogP contribution is -2.30. The third-order valence-corrected chi connectivity index (χ3v) is 3.31. The monoisotopic (exact) mass is 300 g/mol. The molecular formula is C17H20N2O3. The second-order valence-electron chi connectivity index (χ2n) is 4.95. The van der Waals surface area contributed by atoms with E-state index in [1.54, 1.807) is 6.07 Å². The zero-order chi connectivity index (χ0) is 15.8. The Kier molecular flexibility index (Phi) is 5.91. The van der Waals surface area contributed by atoms with Gasteiger partial charge in [0, 0.05) is 19.3 Å². The van der Waals surface area contributed by atoms with Crippen LogP contribution in [0.4, 0.5) is 0 Å². The maximum atomic E-state index is 11.8. The minimum Gasteiger partial charge on any atom is -0.374 e. The molecule has 5 nitrogen and oxygen atoms in total. The van der Waals surface area contributed by atoms with Crippen LogP contribution in [0.25, 0.3) is 0 Å². The zero-order valence-electron chi connectivity index (χ0n) is 12.5. The summed E-state index contributed by atoms with van der Waals surface area (Å²) in [5.74, 6) is -0.363. The predicted molar refractivity (Wildman–Crippen MR) is 84.8 cm³/mol. The average molecular weight is 300 g/mol. The standard InChI is InChI=1S/C17H20N2O3/c1-13(14-7-3-2-4-8-14)22-12-6-11-19-17(21)15-9-5-10-18-16(15)20/h2-5,7-10,13H,6,11-12H2,1H3,(H,18,20)(H,19,21)/t13-/m1/s1. The molecule has 0 saturated heterocycles. The van der Waals surface area contributed by atoms with Crippen LogP contribution in [-0.2, 0) is 4.74 Å². The molecule has 1 heterocycles. The molecular weight excluding hydrogens is 280 g/mol. The first-order valence-electron chi connectivity index (χ1n) is 7.31. The van der Waals surface area contributed by atoms with Gasteiger partial charge >= 0.3 is 0 Å². The van der Waals surface area contributed by atoms with E-state index in [-0.39, 0.29) is 23.1 Å². The van der Waals surface area contributed by atoms with E-state index in [0.717, 1.165) is 5.56 Å². The summed E-state index contributed by atoms with van der Waals surface area (Å²) in [7, 11) is 0. The predicted octanol–water partition coefficient (Wildman–Crippen LogP) is 2.27. The second-order valence-corrected chi connectivity index (χ2v) is 4.95. The molecule has 2 aromatic rings. The molecule has 0 bridgehead atoms. The second kappa shape index (κ2) is 8.14. The van der Waals surface area contributed by atoms with Crippen molar-refractivity contribution in [1.29, 1.82) is 0 Å². The third kappa shape index (κ3) is 4.56. The van der Waals surface area contributed by atoms with Crippen LogP contribution in [0.1, 0.15) is 35.4 Å². The summed E-state index contributed by atoms with van der Waals surface area (Å²) in [4.78, 5) is 25.7. The smallest absolute Gasteiger partial charge is 0.260 e. The molecule has 1 amide bonds. The molecule has 1 aromatic heterocycles. The largest absolute Gasteiger partial charge is 0.374 e. The molecule has 116 valence electrons. The Balaban J connectivity index is 1.68. The number of pyridine rings is 1. The normalized spacial score (nSPS) is 11.9. The van der Waals surface area contributed by atoms with Crippen LogP contribution in [0.3, 0.4) is 0 Å². The van der Waals surface area contributed by atoms with Gasteiger partial charge in [0.2, 0.25) is 0 Å². The summed E-state index contributed by atoms with van der Waals surface area (Å²) in [5.41, 5.74) is 0.873. The number of rotatable bonds is 7. The fraction of sp³-hybridized carbons (Fsp3) is 0.294. The van der Waals surface area contributed by atoms with Crippen LogP contribution < -0.4 is 10.9 Å². The van der Waals surface area contributed by atoms with Crippen LogP contribution in [0, 0.1) is 0 Å². The van der Waals surface area contributed by atoms with Gasteiger partial charge in [-0.2, -0.15) is 0 Å². The molecule has 22 heavy (non-hydrogen) atoms. The summed E-state index contributed by atoms with van der Waals surface area (Å²) >= 11 is 0. The summed E-state index contributed by atoms with van der Waals surface area (Å²) < 4.78 is 5.72. The van der Waals surface area contributed by atoms with Gasteiger partial charge in [-0.15, -0.1) is 0 Å². The zero-order valence-corrected chi connectivity index (χ0v) is 12.5. The van der Waals surface area contributed by atoms with Crippen LogP contribution in [-0.4, -0.2) is 24.0 Å². The minimum absolute atomic E-state index is 0.0221. The number of carbonyl (C=O) groups excluding carboxylic acids is 1. The van der Waals surface area contributed by atoms with E-state index >= 15 is 0 Å². The van der Waals surface area contributed by atoms with E-state index in [9.17, 15) is 9.59 Å². The van der Waals surface area contributed by atoms with E-state index in [4.69, 9.17) is 4.74 Å². The summed E-state index contributed by atoms with van der Waals surface area (Å²) in [6, 6.07) is 13.1. The Morgan fingerprint density at radius 1 is 1.23 bits per heavy atom. The first-order valence-corrected chi connectivity index (χ1v) is 7.31. The van der Waals surface area contributed by atoms with Crippen molar-refractivity contribution in [1.82, 2.24) is 10.3 Å². The van der Waals surface area contributed by atoms with Crippen molar-refractivity contribution in [3.8, 4) is 0 Å². The van der Waals surface area contributed by atoms with Gasteiger partial charge in [0.15, 0.2) is 0 Å². The van der Waals surface area contributed by atoms with Crippen molar-refractivity contribution in [3.05, 3.63) is 70.1 Å². The van der Waals surface area contributed by atoms with Crippen LogP contribution in [0.2, 0.25) is 0 Å². The quantitative estimate of drug-likeness (QED) is 0.771. The van der Waals surface area contributed by atoms with Gasteiger partial charge in [0.25, 0.3) is 11.5 Å². The molecule has 0 spiro atoms. The fourth-order valence-corrected chi connectivity index (χ4v) is 2.05. The van der Waals surface area contributed by atoms with Crippen LogP contribution >= 0.6 is 0 Å². The number of nitrogens with one attached hydrogen (secondary N) is 2. The number of aromatic amines is 1. The SMILES string of the molecule is C[C@@H](OCCCNC(=O)c1ccc[nH]c1=O)c1ccccc1.